The van der Waals surface area contributed by atoms with Crippen molar-refractivity contribution in [3.05, 3.63) is 107 Å². The Hall–Kier alpha value is -6.82. The molecule has 2 fully saturated rings. The van der Waals surface area contributed by atoms with E-state index >= 15 is 0 Å². The van der Waals surface area contributed by atoms with Gasteiger partial charge in [-0.05, 0) is 66.7 Å². The number of carbonyl (C=O) groups excluding carboxylic acids is 7. The summed E-state index contributed by atoms with van der Waals surface area (Å²) in [5.41, 5.74) is 18.4. The maximum Gasteiger partial charge on any atom is 0.245 e. The van der Waals surface area contributed by atoms with Crippen LogP contribution in [0.25, 0.3) is 10.1 Å². The van der Waals surface area contributed by atoms with E-state index in [2.05, 4.69) is 31.6 Å². The number of amides is 7. The lowest BCUT2D eigenvalue weighted by atomic mass is 9.84. The minimum Gasteiger partial charge on any atom is -0.370 e. The maximum atomic E-state index is 14.6. The fraction of sp³-hybridized carbons (Fsp3) is 0.451. The first-order valence-corrected chi connectivity index (χ1v) is 24.7. The van der Waals surface area contributed by atoms with Gasteiger partial charge in [-0.1, -0.05) is 111 Å². The second-order valence-electron chi connectivity index (χ2n) is 18.1. The Morgan fingerprint density at radius 1 is 0.652 bits per heavy atom. The second-order valence-corrected chi connectivity index (χ2v) is 19.3. The van der Waals surface area contributed by atoms with Crippen molar-refractivity contribution < 1.29 is 33.6 Å². The van der Waals surface area contributed by atoms with E-state index in [1.54, 1.807) is 0 Å². The molecule has 6 rings (SSSR count). The van der Waals surface area contributed by atoms with Crippen LogP contribution >= 0.6 is 11.3 Å². The summed E-state index contributed by atoms with van der Waals surface area (Å²) in [7, 11) is 0. The van der Waals surface area contributed by atoms with Crippen LogP contribution < -0.4 is 43.8 Å². The molecule has 1 saturated heterocycles. The lowest BCUT2D eigenvalue weighted by Crippen LogP contribution is -2.65. The van der Waals surface area contributed by atoms with E-state index in [0.717, 1.165) is 58.2 Å². The molecule has 7 amide bonds. The third-order valence-corrected chi connectivity index (χ3v) is 13.9. The zero-order valence-electron chi connectivity index (χ0n) is 39.2. The summed E-state index contributed by atoms with van der Waals surface area (Å²) < 4.78 is 1.01. The number of likely N-dealkylation sites (tertiary alicyclic amines) is 1. The van der Waals surface area contributed by atoms with Crippen LogP contribution in [0.3, 0.4) is 0 Å². The van der Waals surface area contributed by atoms with Crippen molar-refractivity contribution in [3.8, 4) is 0 Å². The fourth-order valence-corrected chi connectivity index (χ4v) is 10.2. The number of fused-ring (bicyclic) bond motifs is 1. The highest BCUT2D eigenvalue weighted by Gasteiger charge is 2.42. The first-order chi connectivity index (χ1) is 33.2. The van der Waals surface area contributed by atoms with Crippen LogP contribution in [0.5, 0.6) is 0 Å². The minimum absolute atomic E-state index is 0.0644. The fourth-order valence-electron chi connectivity index (χ4n) is 9.05. The average Bonchev–Trinajstić information content (AvgIpc) is 3.73. The number of benzene rings is 3. The molecule has 4 aromatic rings. The highest BCUT2D eigenvalue weighted by Crippen LogP contribution is 2.29. The standard InChI is InChI=1S/C51H66N10O7S/c1-32(62)56-40(28-34-17-7-3-8-18-34)46(64)57-38(22-13-14-25-55-51(53)54)50(68)61-26-24-43(61)49(67)60-41(29-35-19-9-4-10-20-35)47(65)59-42(31-37-30-36-21-11-12-23-44(36)69-37)48(66)58-39(45(52)63)27-33-15-5-2-6-16-33/h2-3,5-8,11-12,15-18,21,23,30,35,38-43H,4,9-10,13-14,19-20,22,24-29,31H2,1H3,(H2,52,63)(H,56,62)(H,57,64)(H,58,66)(H,59,65)(H,60,67)(H4,53,54,55)/t38-,39-,40-,41+,42-,43-/m0/s1. The number of aliphatic imine (C=N–C) groups is 1. The molecule has 69 heavy (non-hydrogen) atoms. The number of primary amides is 1. The molecular weight excluding hydrogens is 897 g/mol. The van der Waals surface area contributed by atoms with Crippen molar-refractivity contribution in [2.75, 3.05) is 13.1 Å². The van der Waals surface area contributed by atoms with E-state index in [0.29, 0.717) is 32.2 Å². The largest absolute Gasteiger partial charge is 0.370 e. The van der Waals surface area contributed by atoms with Crippen LogP contribution in [0.1, 0.15) is 87.1 Å². The molecule has 6 atom stereocenters. The molecule has 11 N–H and O–H groups in total. The summed E-state index contributed by atoms with van der Waals surface area (Å²) >= 11 is 1.49. The van der Waals surface area contributed by atoms with Crippen LogP contribution in [0.2, 0.25) is 0 Å². The summed E-state index contributed by atoms with van der Waals surface area (Å²) in [6.07, 6.45) is 7.01. The van der Waals surface area contributed by atoms with E-state index in [4.69, 9.17) is 17.2 Å². The van der Waals surface area contributed by atoms with Gasteiger partial charge in [0.2, 0.25) is 41.4 Å². The van der Waals surface area contributed by atoms with E-state index < -0.39 is 77.6 Å². The van der Waals surface area contributed by atoms with Crippen molar-refractivity contribution in [2.24, 2.45) is 28.1 Å². The molecular formula is C51H66N10O7S. The Labute approximate surface area is 407 Å². The molecule has 17 nitrogen and oxygen atoms in total. The van der Waals surface area contributed by atoms with Gasteiger partial charge in [0.05, 0.1) is 0 Å². The Bertz CT molecular complexity index is 2390. The lowest BCUT2D eigenvalue weighted by molar-refractivity contribution is -0.151. The maximum absolute atomic E-state index is 14.6. The smallest absolute Gasteiger partial charge is 0.245 e. The van der Waals surface area contributed by atoms with Gasteiger partial charge in [0.15, 0.2) is 5.96 Å². The molecule has 1 aromatic heterocycles. The normalized spacial score (nSPS) is 16.9. The zero-order chi connectivity index (χ0) is 49.3. The van der Waals surface area contributed by atoms with Crippen molar-refractivity contribution in [2.45, 2.75) is 127 Å². The number of guanidine groups is 1. The summed E-state index contributed by atoms with van der Waals surface area (Å²) in [4.78, 5) is 103. The minimum atomic E-state index is -1.14. The molecule has 0 bridgehead atoms. The number of nitrogens with zero attached hydrogens (tertiary/aromatic N) is 2. The average molecular weight is 963 g/mol. The van der Waals surface area contributed by atoms with Gasteiger partial charge < -0.3 is 48.7 Å². The number of rotatable bonds is 24. The van der Waals surface area contributed by atoms with Crippen molar-refractivity contribution >= 4 is 68.7 Å². The molecule has 368 valence electrons. The van der Waals surface area contributed by atoms with Gasteiger partial charge in [-0.25, -0.2) is 0 Å². The first kappa shape index (κ1) is 51.6. The summed E-state index contributed by atoms with van der Waals surface area (Å²) in [6.45, 7) is 1.86. The lowest BCUT2D eigenvalue weighted by Gasteiger charge is -2.42. The van der Waals surface area contributed by atoms with E-state index in [1.807, 2.05) is 91.0 Å². The van der Waals surface area contributed by atoms with Crippen LogP contribution in [-0.4, -0.2) is 102 Å². The third-order valence-electron chi connectivity index (χ3n) is 12.8. The number of hydrogen-bond acceptors (Lipinski definition) is 9. The Morgan fingerprint density at radius 2 is 1.23 bits per heavy atom. The number of carbonyl (C=O) groups is 7. The predicted octanol–water partition coefficient (Wildman–Crippen LogP) is 2.87. The number of nitrogens with two attached hydrogens (primary N) is 3. The van der Waals surface area contributed by atoms with Crippen LogP contribution in [-0.2, 0) is 52.8 Å². The molecule has 2 aliphatic rings. The molecule has 18 heteroatoms. The van der Waals surface area contributed by atoms with Gasteiger partial charge in [0, 0.05) is 48.9 Å². The van der Waals surface area contributed by atoms with Crippen molar-refractivity contribution in [1.82, 2.24) is 31.5 Å². The van der Waals surface area contributed by atoms with Gasteiger partial charge >= 0.3 is 0 Å². The molecule has 0 unspecified atom stereocenters. The SMILES string of the molecule is CC(=O)N[C@@H](Cc1ccccc1)C(=O)N[C@@H](CCCCN=C(N)N)C(=O)N1CC[C@H]1C(=O)N[C@H](CC1CCCCC1)C(=O)N[C@@H](Cc1cc2ccccc2s1)C(=O)N[C@@H](Cc1ccccc1)C(N)=O. The summed E-state index contributed by atoms with van der Waals surface area (Å²) in [5, 5.41) is 15.3. The van der Waals surface area contributed by atoms with Crippen LogP contribution in [0.4, 0.5) is 0 Å². The summed E-state index contributed by atoms with van der Waals surface area (Å²) in [5.74, 6) is -3.83. The highest BCUT2D eigenvalue weighted by atomic mass is 32.1. The van der Waals surface area contributed by atoms with Gasteiger partial charge in [0.25, 0.3) is 0 Å². The third kappa shape index (κ3) is 15.6. The van der Waals surface area contributed by atoms with Crippen molar-refractivity contribution in [1.29, 1.82) is 0 Å². The number of thiophene rings is 1. The first-order valence-electron chi connectivity index (χ1n) is 23.9. The zero-order valence-corrected chi connectivity index (χ0v) is 40.0. The van der Waals surface area contributed by atoms with E-state index in [-0.39, 0.29) is 44.1 Å². The van der Waals surface area contributed by atoms with E-state index in [1.165, 1.54) is 23.2 Å². The second kappa shape index (κ2) is 25.5. The van der Waals surface area contributed by atoms with Crippen LogP contribution in [0, 0.1) is 5.92 Å². The molecule has 2 heterocycles. The molecule has 3 aromatic carbocycles. The number of nitrogens with one attached hydrogen (secondary N) is 5. The number of hydrogen-bond donors (Lipinski definition) is 8. The molecule has 0 spiro atoms. The van der Waals surface area contributed by atoms with Gasteiger partial charge in [-0.15, -0.1) is 11.3 Å². The van der Waals surface area contributed by atoms with Gasteiger partial charge in [-0.3, -0.25) is 38.6 Å². The predicted molar refractivity (Wildman–Crippen MR) is 266 cm³/mol. The Balaban J connectivity index is 1.20. The topological polar surface area (TPSA) is 273 Å². The highest BCUT2D eigenvalue weighted by molar-refractivity contribution is 7.19. The van der Waals surface area contributed by atoms with Gasteiger partial charge in [0.1, 0.15) is 36.3 Å². The molecule has 1 aliphatic carbocycles. The van der Waals surface area contributed by atoms with Gasteiger partial charge in [-0.2, -0.15) is 0 Å². The molecule has 1 aliphatic heterocycles. The van der Waals surface area contributed by atoms with Crippen LogP contribution in [0.15, 0.2) is 96.0 Å². The summed E-state index contributed by atoms with van der Waals surface area (Å²) in [6, 6.07) is 21.9. The molecule has 1 saturated carbocycles. The molecule has 0 radical (unpaired) electrons. The van der Waals surface area contributed by atoms with E-state index in [9.17, 15) is 33.6 Å². The Morgan fingerprint density at radius 3 is 1.83 bits per heavy atom. The number of unbranched alkanes of at least 4 members (excludes halogenated alkanes) is 1. The Kier molecular flexibility index (Phi) is 19.1. The quantitative estimate of drug-likeness (QED) is 0.0291. The monoisotopic (exact) mass is 962 g/mol. The van der Waals surface area contributed by atoms with Crippen molar-refractivity contribution in [3.63, 3.8) is 0 Å².